The number of alkyl halides is 3. The Morgan fingerprint density at radius 3 is 2.47 bits per heavy atom. The van der Waals surface area contributed by atoms with Gasteiger partial charge in [-0.1, -0.05) is 24.3 Å². The van der Waals surface area contributed by atoms with Crippen molar-refractivity contribution in [1.29, 1.82) is 0 Å². The summed E-state index contributed by atoms with van der Waals surface area (Å²) in [6.45, 7) is 3.69. The van der Waals surface area contributed by atoms with Crippen molar-refractivity contribution in [3.63, 3.8) is 0 Å². The lowest BCUT2D eigenvalue weighted by atomic mass is 10.0. The van der Waals surface area contributed by atoms with Gasteiger partial charge in [0.15, 0.2) is 0 Å². The van der Waals surface area contributed by atoms with Crippen LogP contribution in [0.1, 0.15) is 47.6 Å². The minimum Gasteiger partial charge on any atom is -0.771 e. The molecule has 0 spiro atoms. The Bertz CT molecular complexity index is 948. The smallest absolute Gasteiger partial charge is 0.416 e. The molecule has 4 atom stereocenters. The monoisotopic (exact) mass is 439 g/mol. The fourth-order valence-electron chi connectivity index (χ4n) is 3.47. The van der Waals surface area contributed by atoms with Gasteiger partial charge in [-0.3, -0.25) is 9.00 Å². The molecule has 30 heavy (non-hydrogen) atoms. The van der Waals surface area contributed by atoms with Gasteiger partial charge in [0.25, 0.3) is 0 Å². The normalized spacial score (nSPS) is 20.3. The van der Waals surface area contributed by atoms with Crippen LogP contribution in [0.4, 0.5) is 18.9 Å². The summed E-state index contributed by atoms with van der Waals surface area (Å²) in [6, 6.07) is 10.2. The number of halogens is 3. The average Bonchev–Trinajstić information content (AvgIpc) is 3.47. The van der Waals surface area contributed by atoms with Gasteiger partial charge in [-0.25, -0.2) is 0 Å². The Morgan fingerprint density at radius 1 is 1.23 bits per heavy atom. The molecular weight excluding hydrogens is 417 g/mol. The second-order valence-corrected chi connectivity index (χ2v) is 8.39. The molecule has 0 heterocycles. The summed E-state index contributed by atoms with van der Waals surface area (Å²) in [4.78, 5) is 12.6. The van der Waals surface area contributed by atoms with E-state index < -0.39 is 22.8 Å². The van der Waals surface area contributed by atoms with Crippen LogP contribution in [0.2, 0.25) is 0 Å². The molecule has 2 N–H and O–H groups in total. The van der Waals surface area contributed by atoms with Crippen LogP contribution in [0.15, 0.2) is 42.5 Å². The maximum atomic E-state index is 12.7. The lowest BCUT2D eigenvalue weighted by molar-refractivity contribution is -0.137. The van der Waals surface area contributed by atoms with Crippen LogP contribution in [-0.2, 0) is 22.1 Å². The van der Waals surface area contributed by atoms with Crippen molar-refractivity contribution < 1.29 is 26.7 Å². The number of anilines is 1. The number of rotatable bonds is 7. The van der Waals surface area contributed by atoms with Crippen molar-refractivity contribution in [2.75, 3.05) is 11.2 Å². The van der Waals surface area contributed by atoms with Crippen molar-refractivity contribution in [3.05, 3.63) is 64.7 Å². The van der Waals surface area contributed by atoms with Gasteiger partial charge >= 0.3 is 6.18 Å². The summed E-state index contributed by atoms with van der Waals surface area (Å²) in [6.07, 6.45) is -3.76. The van der Waals surface area contributed by atoms with Crippen LogP contribution in [0, 0.1) is 12.8 Å². The maximum Gasteiger partial charge on any atom is 0.416 e. The second kappa shape index (κ2) is 8.77. The highest BCUT2D eigenvalue weighted by molar-refractivity contribution is 7.79. The van der Waals surface area contributed by atoms with Gasteiger partial charge < -0.3 is 15.2 Å². The van der Waals surface area contributed by atoms with Crippen molar-refractivity contribution in [3.8, 4) is 0 Å². The summed E-state index contributed by atoms with van der Waals surface area (Å²) in [7, 11) is 0. The zero-order chi connectivity index (χ0) is 22.1. The topological polar surface area (TPSA) is 81.3 Å². The molecule has 162 valence electrons. The van der Waals surface area contributed by atoms with Crippen LogP contribution < -0.4 is 10.6 Å². The van der Waals surface area contributed by atoms with Crippen molar-refractivity contribution in [2.45, 2.75) is 38.4 Å². The number of carbonyl (C=O) groups is 1. The first kappa shape index (κ1) is 22.3. The zero-order valence-corrected chi connectivity index (χ0v) is 17.3. The molecule has 3 rings (SSSR count). The van der Waals surface area contributed by atoms with E-state index in [1.165, 1.54) is 12.1 Å². The molecule has 0 aromatic heterocycles. The molecule has 1 aliphatic rings. The van der Waals surface area contributed by atoms with Gasteiger partial charge in [-0.05, 0) is 72.2 Å². The Labute approximate surface area is 175 Å². The number of nitrogens with one attached hydrogen (secondary N) is 2. The van der Waals surface area contributed by atoms with E-state index in [0.29, 0.717) is 12.1 Å². The Kier molecular flexibility index (Phi) is 6.52. The van der Waals surface area contributed by atoms with E-state index in [-0.39, 0.29) is 29.7 Å². The minimum atomic E-state index is -4.37. The predicted octanol–water partition coefficient (Wildman–Crippen LogP) is 4.24. The molecule has 0 saturated heterocycles. The minimum absolute atomic E-state index is 0.0687. The molecular formula is C21H22F3N2O3S-. The maximum absolute atomic E-state index is 12.7. The third-order valence-electron chi connectivity index (χ3n) is 5.28. The van der Waals surface area contributed by atoms with E-state index in [1.807, 2.05) is 26.0 Å². The highest BCUT2D eigenvalue weighted by Crippen LogP contribution is 2.48. The Hall–Kier alpha value is -2.39. The van der Waals surface area contributed by atoms with Crippen molar-refractivity contribution in [1.82, 2.24) is 5.32 Å². The molecule has 0 radical (unpaired) electrons. The summed E-state index contributed by atoms with van der Waals surface area (Å²) in [5.41, 5.74) is 2.47. The third kappa shape index (κ3) is 5.40. The lowest BCUT2D eigenvalue weighted by Gasteiger charge is -2.17. The summed E-state index contributed by atoms with van der Waals surface area (Å²) < 4.78 is 59.4. The quantitative estimate of drug-likeness (QED) is 0.633. The van der Waals surface area contributed by atoms with Gasteiger partial charge in [0.2, 0.25) is 5.91 Å². The van der Waals surface area contributed by atoms with Crippen LogP contribution in [-0.4, -0.2) is 20.5 Å². The lowest BCUT2D eigenvalue weighted by Crippen LogP contribution is -2.28. The van der Waals surface area contributed by atoms with Crippen LogP contribution in [0.5, 0.6) is 0 Å². The van der Waals surface area contributed by atoms with Crippen LogP contribution in [0.3, 0.4) is 0 Å². The first-order valence-electron chi connectivity index (χ1n) is 9.44. The molecule has 2 aromatic carbocycles. The van der Waals surface area contributed by atoms with Crippen LogP contribution in [0.25, 0.3) is 0 Å². The molecule has 1 saturated carbocycles. The number of amides is 1. The van der Waals surface area contributed by atoms with Gasteiger partial charge in [0.1, 0.15) is 0 Å². The molecule has 1 fully saturated rings. The predicted molar refractivity (Wildman–Crippen MR) is 107 cm³/mol. The number of hydrogen-bond acceptors (Lipinski definition) is 4. The van der Waals surface area contributed by atoms with E-state index in [4.69, 9.17) is 0 Å². The van der Waals surface area contributed by atoms with Crippen molar-refractivity contribution in [2.24, 2.45) is 5.92 Å². The fourth-order valence-corrected chi connectivity index (χ4v) is 3.74. The number of hydrogen-bond donors (Lipinski definition) is 2. The summed E-state index contributed by atoms with van der Waals surface area (Å²) in [5, 5.41) is 5.77. The third-order valence-corrected chi connectivity index (χ3v) is 5.66. The number of benzene rings is 2. The Morgan fingerprint density at radius 2 is 1.90 bits per heavy atom. The van der Waals surface area contributed by atoms with E-state index in [9.17, 15) is 26.7 Å². The Balaban J connectivity index is 1.57. The van der Waals surface area contributed by atoms with Gasteiger partial charge in [0.05, 0.1) is 17.5 Å². The molecule has 0 bridgehead atoms. The van der Waals surface area contributed by atoms with E-state index in [0.717, 1.165) is 28.8 Å². The van der Waals surface area contributed by atoms with Gasteiger partial charge in [0, 0.05) is 11.6 Å². The molecule has 1 amide bonds. The zero-order valence-electron chi connectivity index (χ0n) is 16.5. The summed E-state index contributed by atoms with van der Waals surface area (Å²) in [5.74, 6) is -0.632. The molecule has 2 aromatic rings. The first-order valence-corrected chi connectivity index (χ1v) is 10.7. The molecule has 5 nitrogen and oxygen atoms in total. The average molecular weight is 439 g/mol. The van der Waals surface area contributed by atoms with Gasteiger partial charge in [-0.2, -0.15) is 13.2 Å². The fraction of sp³-hybridized carbons (Fsp3) is 0.381. The highest BCUT2D eigenvalue weighted by Gasteiger charge is 2.44. The van der Waals surface area contributed by atoms with Crippen LogP contribution >= 0.6 is 0 Å². The van der Waals surface area contributed by atoms with Crippen molar-refractivity contribution >= 4 is 22.7 Å². The number of carbonyl (C=O) groups excluding carboxylic acids is 1. The summed E-state index contributed by atoms with van der Waals surface area (Å²) >= 11 is -2.19. The van der Waals surface area contributed by atoms with E-state index >= 15 is 0 Å². The molecule has 9 heteroatoms. The largest absolute Gasteiger partial charge is 0.771 e. The van der Waals surface area contributed by atoms with E-state index in [1.54, 1.807) is 6.07 Å². The molecule has 1 aliphatic carbocycles. The number of aryl methyl sites for hydroxylation is 1. The second-order valence-electron chi connectivity index (χ2n) is 7.50. The van der Waals surface area contributed by atoms with Gasteiger partial charge in [-0.15, -0.1) is 0 Å². The molecule has 3 unspecified atom stereocenters. The molecule has 0 aliphatic heterocycles. The highest BCUT2D eigenvalue weighted by atomic mass is 32.2. The SMILES string of the molecule is Cc1cc([C@@H](C)NC(=O)C2CC2c2ccc(C(F)(F)F)cc2)ccc1NCS(=O)[O-]. The first-order chi connectivity index (χ1) is 14.1. The van der Waals surface area contributed by atoms with E-state index in [2.05, 4.69) is 10.6 Å². The standard InChI is InChI=1S/C21H23F3N2O3S/c1-12-9-15(5-8-19(12)25-11-30(28)29)13(2)26-20(27)18-10-17(18)14-3-6-16(7-4-14)21(22,23)24/h3-9,13,17-18,25H,10-11H2,1-2H3,(H,26,27)(H,28,29)/p-1/t13-,17?,18?/m1/s1.